The first kappa shape index (κ1) is 17.8. The highest BCUT2D eigenvalue weighted by Crippen LogP contribution is 2.41. The second kappa shape index (κ2) is 7.19. The molecule has 1 fully saturated rings. The summed E-state index contributed by atoms with van der Waals surface area (Å²) in [5.74, 6) is 0.898. The van der Waals surface area contributed by atoms with Crippen LogP contribution < -0.4 is 5.32 Å². The fraction of sp³-hybridized carbons (Fsp3) is 0.333. The SMILES string of the molecule is CCn1c(C)cc([C@@H]2[C@@H](c3ccccn3)NC(=S)N2Cc2ccco2)c1C. The summed E-state index contributed by atoms with van der Waals surface area (Å²) >= 11 is 5.72. The molecule has 1 saturated heterocycles. The van der Waals surface area contributed by atoms with Crippen LogP contribution >= 0.6 is 12.2 Å². The van der Waals surface area contributed by atoms with Crippen LogP contribution in [0.25, 0.3) is 0 Å². The normalized spacial score (nSPS) is 19.5. The highest BCUT2D eigenvalue weighted by Gasteiger charge is 2.41. The first-order valence-corrected chi connectivity index (χ1v) is 9.68. The van der Waals surface area contributed by atoms with E-state index in [1.807, 2.05) is 30.5 Å². The van der Waals surface area contributed by atoms with Gasteiger partial charge >= 0.3 is 0 Å². The van der Waals surface area contributed by atoms with Gasteiger partial charge in [-0.1, -0.05) is 6.07 Å². The van der Waals surface area contributed by atoms with Gasteiger partial charge in [-0.25, -0.2) is 0 Å². The van der Waals surface area contributed by atoms with Gasteiger partial charge in [0, 0.05) is 24.1 Å². The molecule has 3 aromatic heterocycles. The van der Waals surface area contributed by atoms with Crippen molar-refractivity contribution in [3.8, 4) is 0 Å². The predicted octanol–water partition coefficient (Wildman–Crippen LogP) is 4.29. The summed E-state index contributed by atoms with van der Waals surface area (Å²) in [6.45, 7) is 8.11. The quantitative estimate of drug-likeness (QED) is 0.669. The molecule has 4 rings (SSSR count). The maximum atomic E-state index is 5.72. The maximum absolute atomic E-state index is 5.72. The standard InChI is InChI=1S/C21H24N4OS/c1-4-24-14(2)12-17(15(24)3)20-19(18-9-5-6-10-22-18)23-21(27)25(20)13-16-8-7-11-26-16/h5-12,19-20H,4,13H2,1-3H3,(H,23,27)/t19-,20-/m1/s1. The minimum Gasteiger partial charge on any atom is -0.467 e. The van der Waals surface area contributed by atoms with Crippen LogP contribution in [0.3, 0.4) is 0 Å². The van der Waals surface area contributed by atoms with E-state index < -0.39 is 0 Å². The molecule has 5 nitrogen and oxygen atoms in total. The molecule has 6 heteroatoms. The van der Waals surface area contributed by atoms with E-state index in [0.29, 0.717) is 6.54 Å². The monoisotopic (exact) mass is 380 g/mol. The zero-order valence-corrected chi connectivity index (χ0v) is 16.7. The molecule has 0 aliphatic carbocycles. The molecule has 1 N–H and O–H groups in total. The fourth-order valence-corrected chi connectivity index (χ4v) is 4.40. The van der Waals surface area contributed by atoms with Crippen molar-refractivity contribution < 1.29 is 4.42 Å². The van der Waals surface area contributed by atoms with Crippen molar-refractivity contribution >= 4 is 17.3 Å². The number of furan rings is 1. The van der Waals surface area contributed by atoms with Crippen LogP contribution in [0.4, 0.5) is 0 Å². The van der Waals surface area contributed by atoms with Crippen molar-refractivity contribution in [2.45, 2.75) is 45.9 Å². The van der Waals surface area contributed by atoms with Crippen molar-refractivity contribution in [1.29, 1.82) is 0 Å². The van der Waals surface area contributed by atoms with Crippen LogP contribution in [-0.2, 0) is 13.1 Å². The van der Waals surface area contributed by atoms with E-state index in [1.54, 1.807) is 6.26 Å². The van der Waals surface area contributed by atoms with Gasteiger partial charge in [0.25, 0.3) is 0 Å². The average Bonchev–Trinajstić information content (AvgIpc) is 3.36. The number of aromatic nitrogens is 2. The lowest BCUT2D eigenvalue weighted by molar-refractivity contribution is 0.286. The summed E-state index contributed by atoms with van der Waals surface area (Å²) in [5, 5.41) is 4.23. The van der Waals surface area contributed by atoms with E-state index in [-0.39, 0.29) is 12.1 Å². The second-order valence-electron chi connectivity index (χ2n) is 6.90. The molecule has 0 bridgehead atoms. The van der Waals surface area contributed by atoms with Crippen molar-refractivity contribution in [1.82, 2.24) is 19.8 Å². The first-order valence-electron chi connectivity index (χ1n) is 9.27. The van der Waals surface area contributed by atoms with Crippen LogP contribution in [-0.4, -0.2) is 19.6 Å². The van der Waals surface area contributed by atoms with E-state index in [0.717, 1.165) is 23.1 Å². The fourth-order valence-electron chi connectivity index (χ4n) is 4.10. The minimum absolute atomic E-state index is 0.000492. The Balaban J connectivity index is 1.80. The maximum Gasteiger partial charge on any atom is 0.170 e. The number of nitrogens with zero attached hydrogens (tertiary/aromatic N) is 3. The molecule has 1 aliphatic rings. The van der Waals surface area contributed by atoms with Crippen LogP contribution in [0.15, 0.2) is 53.3 Å². The number of pyridine rings is 1. The van der Waals surface area contributed by atoms with E-state index >= 15 is 0 Å². The molecule has 1 aliphatic heterocycles. The summed E-state index contributed by atoms with van der Waals surface area (Å²) in [7, 11) is 0. The first-order chi connectivity index (χ1) is 13.1. The molecule has 3 aromatic rings. The zero-order chi connectivity index (χ0) is 19.0. The van der Waals surface area contributed by atoms with E-state index in [4.69, 9.17) is 16.6 Å². The molecule has 0 unspecified atom stereocenters. The van der Waals surface area contributed by atoms with Crippen molar-refractivity contribution in [2.24, 2.45) is 0 Å². The van der Waals surface area contributed by atoms with Gasteiger partial charge in [-0.15, -0.1) is 0 Å². The summed E-state index contributed by atoms with van der Waals surface area (Å²) in [4.78, 5) is 6.82. The molecule has 0 saturated carbocycles. The number of nitrogens with one attached hydrogen (secondary N) is 1. The van der Waals surface area contributed by atoms with Crippen LogP contribution in [0.1, 0.15) is 47.4 Å². The third-order valence-corrected chi connectivity index (χ3v) is 5.70. The van der Waals surface area contributed by atoms with Gasteiger partial charge in [0.05, 0.1) is 30.6 Å². The predicted molar refractivity (Wildman–Crippen MR) is 109 cm³/mol. The molecular weight excluding hydrogens is 356 g/mol. The minimum atomic E-state index is -0.000492. The molecule has 27 heavy (non-hydrogen) atoms. The number of hydrogen-bond donors (Lipinski definition) is 1. The van der Waals surface area contributed by atoms with Gasteiger partial charge in [0.1, 0.15) is 5.76 Å². The molecule has 2 atom stereocenters. The Hall–Kier alpha value is -2.60. The van der Waals surface area contributed by atoms with E-state index in [2.05, 4.69) is 52.7 Å². The van der Waals surface area contributed by atoms with Gasteiger partial charge in [0.15, 0.2) is 5.11 Å². The van der Waals surface area contributed by atoms with E-state index in [9.17, 15) is 0 Å². The zero-order valence-electron chi connectivity index (χ0n) is 15.8. The molecule has 0 aromatic carbocycles. The Labute approximate surface area is 165 Å². The molecule has 4 heterocycles. The van der Waals surface area contributed by atoms with Crippen molar-refractivity contribution in [3.63, 3.8) is 0 Å². The second-order valence-corrected chi connectivity index (χ2v) is 7.29. The summed E-state index contributed by atoms with van der Waals surface area (Å²) in [6, 6.07) is 12.3. The largest absolute Gasteiger partial charge is 0.467 e. The Bertz CT molecular complexity index is 933. The number of rotatable bonds is 5. The molecular formula is C21H24N4OS. The van der Waals surface area contributed by atoms with Gasteiger partial charge in [-0.05, 0) is 68.9 Å². The topological polar surface area (TPSA) is 46.2 Å². The molecule has 0 amide bonds. The van der Waals surface area contributed by atoms with Crippen LogP contribution in [0.2, 0.25) is 0 Å². The smallest absolute Gasteiger partial charge is 0.170 e. The van der Waals surface area contributed by atoms with Gasteiger partial charge < -0.3 is 19.2 Å². The lowest BCUT2D eigenvalue weighted by Crippen LogP contribution is -2.29. The number of hydrogen-bond acceptors (Lipinski definition) is 3. The average molecular weight is 381 g/mol. The summed E-state index contributed by atoms with van der Waals surface area (Å²) in [5.41, 5.74) is 4.81. The number of aryl methyl sites for hydroxylation is 1. The summed E-state index contributed by atoms with van der Waals surface area (Å²) < 4.78 is 7.94. The highest BCUT2D eigenvalue weighted by atomic mass is 32.1. The summed E-state index contributed by atoms with van der Waals surface area (Å²) in [6.07, 6.45) is 3.54. The van der Waals surface area contributed by atoms with Crippen LogP contribution in [0, 0.1) is 13.8 Å². The third-order valence-electron chi connectivity index (χ3n) is 5.35. The van der Waals surface area contributed by atoms with Gasteiger partial charge in [-0.3, -0.25) is 4.98 Å². The number of thiocarbonyl (C=S) groups is 1. The molecule has 0 radical (unpaired) electrons. The Morgan fingerprint density at radius 2 is 2.07 bits per heavy atom. The van der Waals surface area contributed by atoms with Crippen molar-refractivity contribution in [2.75, 3.05) is 0 Å². The Morgan fingerprint density at radius 3 is 2.70 bits per heavy atom. The highest BCUT2D eigenvalue weighted by molar-refractivity contribution is 7.80. The van der Waals surface area contributed by atoms with Crippen molar-refractivity contribution in [3.05, 3.63) is 77.3 Å². The van der Waals surface area contributed by atoms with E-state index in [1.165, 1.54) is 17.0 Å². The molecule has 140 valence electrons. The Morgan fingerprint density at radius 1 is 1.22 bits per heavy atom. The lowest BCUT2D eigenvalue weighted by Gasteiger charge is -2.27. The third kappa shape index (κ3) is 3.14. The molecule has 0 spiro atoms. The van der Waals surface area contributed by atoms with Crippen LogP contribution in [0.5, 0.6) is 0 Å². The Kier molecular flexibility index (Phi) is 4.74. The lowest BCUT2D eigenvalue weighted by atomic mass is 9.96. The van der Waals surface area contributed by atoms with Gasteiger partial charge in [-0.2, -0.15) is 0 Å². The van der Waals surface area contributed by atoms with Gasteiger partial charge in [0.2, 0.25) is 0 Å².